The molecule has 0 aliphatic heterocycles. The highest BCUT2D eigenvalue weighted by molar-refractivity contribution is 9.11. The molecule has 16 heavy (non-hydrogen) atoms. The predicted octanol–water partition coefficient (Wildman–Crippen LogP) is 6.24. The zero-order chi connectivity index (χ0) is 12.5. The van der Waals surface area contributed by atoms with Crippen molar-refractivity contribution in [1.82, 2.24) is 0 Å². The number of benzene rings is 1. The van der Waals surface area contributed by atoms with Gasteiger partial charge in [-0.1, -0.05) is 52.6 Å². The van der Waals surface area contributed by atoms with E-state index in [1.165, 1.54) is 5.56 Å². The van der Waals surface area contributed by atoms with Crippen molar-refractivity contribution in [2.24, 2.45) is 5.41 Å². The molecule has 1 aromatic carbocycles. The molecule has 0 fully saturated rings. The van der Waals surface area contributed by atoms with Crippen molar-refractivity contribution in [2.45, 2.75) is 39.5 Å². The van der Waals surface area contributed by atoms with Crippen LogP contribution in [0, 0.1) is 12.3 Å². The Balaban J connectivity index is 3.00. The standard InChI is InChI=1S/C13H17Br2Cl/c1-8-5-11(15)9(6-10(8)14)12(16)7-13(2,3)4/h5-6,12H,7H2,1-4H3. The smallest absolute Gasteiger partial charge is 0.0601 e. The second-order valence-corrected chi connectivity index (χ2v) is 7.59. The lowest BCUT2D eigenvalue weighted by atomic mass is 9.88. The van der Waals surface area contributed by atoms with Crippen LogP contribution in [-0.4, -0.2) is 0 Å². The quantitative estimate of drug-likeness (QED) is 0.542. The summed E-state index contributed by atoms with van der Waals surface area (Å²) in [5.41, 5.74) is 2.62. The molecule has 1 atom stereocenters. The van der Waals surface area contributed by atoms with Gasteiger partial charge in [-0.3, -0.25) is 0 Å². The molecule has 0 spiro atoms. The number of aryl methyl sites for hydroxylation is 1. The Morgan fingerprint density at radius 3 is 2.25 bits per heavy atom. The minimum Gasteiger partial charge on any atom is -0.118 e. The van der Waals surface area contributed by atoms with Crippen LogP contribution in [0.2, 0.25) is 0 Å². The molecule has 0 heterocycles. The molecule has 90 valence electrons. The monoisotopic (exact) mass is 366 g/mol. The lowest BCUT2D eigenvalue weighted by molar-refractivity contribution is 0.372. The molecule has 0 saturated heterocycles. The minimum atomic E-state index is 0.0475. The molecule has 0 aliphatic rings. The van der Waals surface area contributed by atoms with Gasteiger partial charge in [-0.05, 0) is 42.0 Å². The van der Waals surface area contributed by atoms with Crippen LogP contribution in [0.15, 0.2) is 21.1 Å². The van der Waals surface area contributed by atoms with Gasteiger partial charge < -0.3 is 0 Å². The number of rotatable bonds is 2. The maximum Gasteiger partial charge on any atom is 0.0601 e. The molecule has 1 aromatic rings. The van der Waals surface area contributed by atoms with E-state index in [9.17, 15) is 0 Å². The van der Waals surface area contributed by atoms with Gasteiger partial charge in [0.25, 0.3) is 0 Å². The largest absolute Gasteiger partial charge is 0.118 e. The number of hydrogen-bond acceptors (Lipinski definition) is 0. The summed E-state index contributed by atoms with van der Waals surface area (Å²) in [6.07, 6.45) is 0.961. The molecule has 3 heteroatoms. The summed E-state index contributed by atoms with van der Waals surface area (Å²) in [6, 6.07) is 4.22. The maximum atomic E-state index is 6.47. The molecular formula is C13H17Br2Cl. The van der Waals surface area contributed by atoms with E-state index in [2.05, 4.69) is 71.7 Å². The Morgan fingerprint density at radius 2 is 1.75 bits per heavy atom. The first-order valence-corrected chi connectivity index (χ1v) is 7.32. The summed E-state index contributed by atoms with van der Waals surface area (Å²) in [6.45, 7) is 8.70. The van der Waals surface area contributed by atoms with Crippen molar-refractivity contribution in [3.05, 3.63) is 32.2 Å². The summed E-state index contributed by atoms with van der Waals surface area (Å²) < 4.78 is 2.21. The molecule has 0 nitrogen and oxygen atoms in total. The van der Waals surface area contributed by atoms with Crippen LogP contribution in [-0.2, 0) is 0 Å². The zero-order valence-electron chi connectivity index (χ0n) is 10.1. The van der Waals surface area contributed by atoms with E-state index in [0.29, 0.717) is 0 Å². The third-order valence-electron chi connectivity index (χ3n) is 2.41. The van der Waals surface area contributed by atoms with Crippen LogP contribution >= 0.6 is 43.5 Å². The van der Waals surface area contributed by atoms with Crippen LogP contribution in [0.5, 0.6) is 0 Å². The van der Waals surface area contributed by atoms with Gasteiger partial charge in [0.05, 0.1) is 5.38 Å². The molecular weight excluding hydrogens is 351 g/mol. The third kappa shape index (κ3) is 4.05. The van der Waals surface area contributed by atoms with Crippen molar-refractivity contribution >= 4 is 43.5 Å². The lowest BCUT2D eigenvalue weighted by Gasteiger charge is -2.23. The number of halogens is 3. The van der Waals surface area contributed by atoms with Gasteiger partial charge in [0.15, 0.2) is 0 Å². The molecule has 0 N–H and O–H groups in total. The molecule has 0 saturated carbocycles. The Labute approximate surface area is 120 Å². The van der Waals surface area contributed by atoms with Gasteiger partial charge in [-0.25, -0.2) is 0 Å². The van der Waals surface area contributed by atoms with Gasteiger partial charge in [0, 0.05) is 8.95 Å². The van der Waals surface area contributed by atoms with Crippen molar-refractivity contribution < 1.29 is 0 Å². The summed E-state index contributed by atoms with van der Waals surface area (Å²) in [7, 11) is 0. The van der Waals surface area contributed by atoms with Crippen LogP contribution in [0.3, 0.4) is 0 Å². The van der Waals surface area contributed by atoms with E-state index in [4.69, 9.17) is 11.6 Å². The first-order valence-electron chi connectivity index (χ1n) is 5.30. The highest BCUT2D eigenvalue weighted by atomic mass is 79.9. The van der Waals surface area contributed by atoms with E-state index >= 15 is 0 Å². The average molecular weight is 369 g/mol. The first kappa shape index (κ1) is 14.5. The molecule has 0 aromatic heterocycles. The number of alkyl halides is 1. The SMILES string of the molecule is Cc1cc(Br)c(C(Cl)CC(C)(C)C)cc1Br. The lowest BCUT2D eigenvalue weighted by Crippen LogP contribution is -2.09. The topological polar surface area (TPSA) is 0 Å². The highest BCUT2D eigenvalue weighted by Gasteiger charge is 2.20. The van der Waals surface area contributed by atoms with Crippen LogP contribution in [0.1, 0.15) is 43.7 Å². The maximum absolute atomic E-state index is 6.47. The van der Waals surface area contributed by atoms with Gasteiger partial charge in [0.2, 0.25) is 0 Å². The van der Waals surface area contributed by atoms with Gasteiger partial charge in [-0.2, -0.15) is 0 Å². The average Bonchev–Trinajstić information content (AvgIpc) is 2.08. The van der Waals surface area contributed by atoms with Crippen LogP contribution < -0.4 is 0 Å². The molecule has 0 aliphatic carbocycles. The minimum absolute atomic E-state index is 0.0475. The fourth-order valence-corrected chi connectivity index (χ4v) is 3.42. The van der Waals surface area contributed by atoms with E-state index in [0.717, 1.165) is 20.9 Å². The normalized spacial score (nSPS) is 13.9. The second kappa shape index (κ2) is 5.41. The van der Waals surface area contributed by atoms with Crippen molar-refractivity contribution in [3.63, 3.8) is 0 Å². The second-order valence-electron chi connectivity index (χ2n) is 5.36. The Hall–Kier alpha value is 0.470. The first-order chi connectivity index (χ1) is 7.20. The zero-order valence-corrected chi connectivity index (χ0v) is 14.0. The Bertz CT molecular complexity index is 380. The summed E-state index contributed by atoms with van der Waals surface area (Å²) in [4.78, 5) is 0. The Morgan fingerprint density at radius 1 is 1.19 bits per heavy atom. The fraction of sp³-hybridized carbons (Fsp3) is 0.538. The van der Waals surface area contributed by atoms with Crippen molar-refractivity contribution in [2.75, 3.05) is 0 Å². The molecule has 0 bridgehead atoms. The van der Waals surface area contributed by atoms with Gasteiger partial charge in [-0.15, -0.1) is 11.6 Å². The van der Waals surface area contributed by atoms with E-state index < -0.39 is 0 Å². The van der Waals surface area contributed by atoms with Gasteiger partial charge >= 0.3 is 0 Å². The van der Waals surface area contributed by atoms with Crippen molar-refractivity contribution in [3.8, 4) is 0 Å². The highest BCUT2D eigenvalue weighted by Crippen LogP contribution is 2.39. The van der Waals surface area contributed by atoms with E-state index in [-0.39, 0.29) is 10.8 Å². The summed E-state index contributed by atoms with van der Waals surface area (Å²) in [5.74, 6) is 0. The van der Waals surface area contributed by atoms with E-state index in [1.54, 1.807) is 0 Å². The van der Waals surface area contributed by atoms with Crippen LogP contribution in [0.4, 0.5) is 0 Å². The van der Waals surface area contributed by atoms with Gasteiger partial charge in [0.1, 0.15) is 0 Å². The fourth-order valence-electron chi connectivity index (χ4n) is 1.55. The molecule has 1 unspecified atom stereocenters. The summed E-state index contributed by atoms with van der Waals surface area (Å²) in [5, 5.41) is 0.0475. The van der Waals surface area contributed by atoms with Crippen LogP contribution in [0.25, 0.3) is 0 Å². The molecule has 0 amide bonds. The number of hydrogen-bond donors (Lipinski definition) is 0. The van der Waals surface area contributed by atoms with Crippen molar-refractivity contribution in [1.29, 1.82) is 0 Å². The summed E-state index contributed by atoms with van der Waals surface area (Å²) >= 11 is 13.6. The predicted molar refractivity (Wildman–Crippen MR) is 79.2 cm³/mol. The molecule has 0 radical (unpaired) electrons. The van der Waals surface area contributed by atoms with E-state index in [1.807, 2.05) is 0 Å². The molecule has 1 rings (SSSR count). The third-order valence-corrected chi connectivity index (χ3v) is 4.34. The Kier molecular flexibility index (Phi) is 4.91.